The van der Waals surface area contributed by atoms with Crippen molar-refractivity contribution >= 4 is 35.0 Å². The number of hydrogen-bond donors (Lipinski definition) is 1. The fourth-order valence-electron chi connectivity index (χ4n) is 1.84. The summed E-state index contributed by atoms with van der Waals surface area (Å²) >= 11 is 13.7. The van der Waals surface area contributed by atoms with E-state index in [1.165, 1.54) is 0 Å². The summed E-state index contributed by atoms with van der Waals surface area (Å²) in [6.07, 6.45) is 0. The van der Waals surface area contributed by atoms with Crippen molar-refractivity contribution in [3.05, 3.63) is 39.6 Å². The van der Waals surface area contributed by atoms with Crippen molar-refractivity contribution in [3.8, 4) is 0 Å². The molecule has 2 aromatic rings. The number of halogens is 2. The van der Waals surface area contributed by atoms with Crippen molar-refractivity contribution in [1.82, 2.24) is 14.8 Å². The Morgan fingerprint density at radius 2 is 2.05 bits per heavy atom. The maximum absolute atomic E-state index is 6.17. The number of aromatic nitrogens is 3. The number of thioether (sulfide) groups is 1. The summed E-state index contributed by atoms with van der Waals surface area (Å²) in [5.74, 6) is 1.51. The van der Waals surface area contributed by atoms with E-state index >= 15 is 0 Å². The van der Waals surface area contributed by atoms with Crippen molar-refractivity contribution in [2.45, 2.75) is 37.3 Å². The monoisotopic (exact) mass is 330 g/mol. The van der Waals surface area contributed by atoms with Crippen molar-refractivity contribution in [2.75, 3.05) is 0 Å². The lowest BCUT2D eigenvalue weighted by Crippen LogP contribution is -2.11. The van der Waals surface area contributed by atoms with Gasteiger partial charge in [0.05, 0.1) is 6.54 Å². The standard InChI is InChI=1S/C13H16Cl2N4S/c1-8(2)19-12(6-16)17-18-13(19)20-7-9-3-4-10(14)5-11(9)15/h3-5,8H,6-7,16H2,1-2H3. The summed E-state index contributed by atoms with van der Waals surface area (Å²) < 4.78 is 2.05. The molecule has 108 valence electrons. The molecular weight excluding hydrogens is 315 g/mol. The molecule has 1 aromatic heterocycles. The van der Waals surface area contributed by atoms with E-state index in [4.69, 9.17) is 28.9 Å². The van der Waals surface area contributed by atoms with Gasteiger partial charge in [0.25, 0.3) is 0 Å². The Kier molecular flexibility index (Phi) is 5.32. The average molecular weight is 331 g/mol. The third-order valence-electron chi connectivity index (χ3n) is 2.81. The highest BCUT2D eigenvalue weighted by Gasteiger charge is 2.14. The van der Waals surface area contributed by atoms with Crippen LogP contribution in [0, 0.1) is 0 Å². The molecular formula is C13H16Cl2N4S. The summed E-state index contributed by atoms with van der Waals surface area (Å²) in [6.45, 7) is 4.55. The van der Waals surface area contributed by atoms with E-state index in [0.717, 1.165) is 16.5 Å². The normalized spacial score (nSPS) is 11.3. The minimum atomic E-state index is 0.270. The first-order chi connectivity index (χ1) is 9.52. The Morgan fingerprint density at radius 1 is 1.30 bits per heavy atom. The lowest BCUT2D eigenvalue weighted by Gasteiger charge is -2.13. The van der Waals surface area contributed by atoms with Crippen molar-refractivity contribution < 1.29 is 0 Å². The number of rotatable bonds is 5. The number of hydrogen-bond acceptors (Lipinski definition) is 4. The Bertz CT molecular complexity index is 598. The quantitative estimate of drug-likeness (QED) is 0.844. The molecule has 20 heavy (non-hydrogen) atoms. The molecule has 0 spiro atoms. The molecule has 0 saturated heterocycles. The van der Waals surface area contributed by atoms with Crippen molar-refractivity contribution in [3.63, 3.8) is 0 Å². The summed E-state index contributed by atoms with van der Waals surface area (Å²) in [7, 11) is 0. The molecule has 1 aromatic carbocycles. The maximum atomic E-state index is 6.17. The molecule has 0 aliphatic heterocycles. The van der Waals surface area contributed by atoms with Crippen molar-refractivity contribution in [2.24, 2.45) is 5.73 Å². The van der Waals surface area contributed by atoms with Crippen LogP contribution < -0.4 is 5.73 Å². The summed E-state index contributed by atoms with van der Waals surface area (Å²) in [5, 5.41) is 10.5. The smallest absolute Gasteiger partial charge is 0.191 e. The zero-order valence-electron chi connectivity index (χ0n) is 11.3. The van der Waals surface area contributed by atoms with Crippen LogP contribution in [0.2, 0.25) is 10.0 Å². The predicted molar refractivity (Wildman–Crippen MR) is 84.3 cm³/mol. The van der Waals surface area contributed by atoms with E-state index in [2.05, 4.69) is 28.6 Å². The van der Waals surface area contributed by atoms with Crippen LogP contribution in [0.5, 0.6) is 0 Å². The van der Waals surface area contributed by atoms with Gasteiger partial charge in [-0.05, 0) is 31.5 Å². The van der Waals surface area contributed by atoms with E-state index in [1.807, 2.05) is 12.1 Å². The number of nitrogens with zero attached hydrogens (tertiary/aromatic N) is 3. The minimum absolute atomic E-state index is 0.270. The molecule has 0 atom stereocenters. The fraction of sp³-hybridized carbons (Fsp3) is 0.385. The van der Waals surface area contributed by atoms with Gasteiger partial charge in [-0.3, -0.25) is 0 Å². The predicted octanol–water partition coefficient (Wildman–Crippen LogP) is 3.92. The Labute approximate surface area is 132 Å². The van der Waals surface area contributed by atoms with Crippen LogP contribution >= 0.6 is 35.0 Å². The molecule has 0 fully saturated rings. The van der Waals surface area contributed by atoms with Gasteiger partial charge in [0, 0.05) is 21.8 Å². The molecule has 0 amide bonds. The lowest BCUT2D eigenvalue weighted by atomic mass is 10.2. The Morgan fingerprint density at radius 3 is 2.65 bits per heavy atom. The van der Waals surface area contributed by atoms with Gasteiger partial charge < -0.3 is 10.3 Å². The van der Waals surface area contributed by atoms with E-state index in [-0.39, 0.29) is 6.04 Å². The van der Waals surface area contributed by atoms with Gasteiger partial charge in [-0.1, -0.05) is 41.0 Å². The van der Waals surface area contributed by atoms with Gasteiger partial charge in [-0.15, -0.1) is 10.2 Å². The minimum Gasteiger partial charge on any atom is -0.324 e. The van der Waals surface area contributed by atoms with Gasteiger partial charge in [-0.2, -0.15) is 0 Å². The van der Waals surface area contributed by atoms with Crippen LogP contribution in [0.1, 0.15) is 31.3 Å². The van der Waals surface area contributed by atoms with Crippen LogP contribution in [0.15, 0.2) is 23.4 Å². The first kappa shape index (κ1) is 15.6. The highest BCUT2D eigenvalue weighted by molar-refractivity contribution is 7.98. The number of benzene rings is 1. The van der Waals surface area contributed by atoms with Crippen LogP contribution in [-0.2, 0) is 12.3 Å². The molecule has 0 bridgehead atoms. The van der Waals surface area contributed by atoms with Gasteiger partial charge in [0.1, 0.15) is 5.82 Å². The second-order valence-electron chi connectivity index (χ2n) is 4.59. The zero-order chi connectivity index (χ0) is 14.7. The average Bonchev–Trinajstić information content (AvgIpc) is 2.80. The fourth-order valence-corrected chi connectivity index (χ4v) is 3.49. The van der Waals surface area contributed by atoms with E-state index < -0.39 is 0 Å². The molecule has 2 N–H and O–H groups in total. The molecule has 0 radical (unpaired) electrons. The van der Waals surface area contributed by atoms with Gasteiger partial charge >= 0.3 is 0 Å². The highest BCUT2D eigenvalue weighted by Crippen LogP contribution is 2.29. The summed E-state index contributed by atoms with van der Waals surface area (Å²) in [4.78, 5) is 0. The van der Waals surface area contributed by atoms with E-state index in [1.54, 1.807) is 17.8 Å². The topological polar surface area (TPSA) is 56.7 Å². The third kappa shape index (κ3) is 3.47. The summed E-state index contributed by atoms with van der Waals surface area (Å²) in [6, 6.07) is 5.78. The molecule has 0 aliphatic rings. The Hall–Kier alpha value is -0.750. The van der Waals surface area contributed by atoms with Crippen LogP contribution in [0.25, 0.3) is 0 Å². The zero-order valence-corrected chi connectivity index (χ0v) is 13.6. The van der Waals surface area contributed by atoms with E-state index in [9.17, 15) is 0 Å². The highest BCUT2D eigenvalue weighted by atomic mass is 35.5. The molecule has 0 saturated carbocycles. The van der Waals surface area contributed by atoms with E-state index in [0.29, 0.717) is 22.3 Å². The van der Waals surface area contributed by atoms with Crippen molar-refractivity contribution in [1.29, 1.82) is 0 Å². The van der Waals surface area contributed by atoms with Crippen LogP contribution in [0.3, 0.4) is 0 Å². The van der Waals surface area contributed by atoms with Crippen LogP contribution in [-0.4, -0.2) is 14.8 Å². The molecule has 0 aliphatic carbocycles. The first-order valence-corrected chi connectivity index (χ1v) is 7.97. The van der Waals surface area contributed by atoms with Gasteiger partial charge in [0.2, 0.25) is 0 Å². The second-order valence-corrected chi connectivity index (χ2v) is 6.38. The van der Waals surface area contributed by atoms with Gasteiger partial charge in [-0.25, -0.2) is 0 Å². The second kappa shape index (κ2) is 6.80. The lowest BCUT2D eigenvalue weighted by molar-refractivity contribution is 0.526. The Balaban J connectivity index is 2.17. The van der Waals surface area contributed by atoms with Crippen LogP contribution in [0.4, 0.5) is 0 Å². The SMILES string of the molecule is CC(C)n1c(CN)nnc1SCc1ccc(Cl)cc1Cl. The molecule has 0 unspecified atom stereocenters. The molecule has 1 heterocycles. The molecule has 7 heteroatoms. The molecule has 2 rings (SSSR count). The number of nitrogens with two attached hydrogens (primary N) is 1. The maximum Gasteiger partial charge on any atom is 0.191 e. The van der Waals surface area contributed by atoms with Gasteiger partial charge in [0.15, 0.2) is 5.16 Å². The first-order valence-electron chi connectivity index (χ1n) is 6.23. The molecule has 4 nitrogen and oxygen atoms in total. The largest absolute Gasteiger partial charge is 0.324 e. The summed E-state index contributed by atoms with van der Waals surface area (Å²) in [5.41, 5.74) is 6.70. The third-order valence-corrected chi connectivity index (χ3v) is 4.38.